The molecule has 1 aromatic heterocycles. The molecule has 0 fully saturated rings. The molecule has 142 valence electrons. The number of hydrogen-bond acceptors (Lipinski definition) is 5. The summed E-state index contributed by atoms with van der Waals surface area (Å²) in [5.74, 6) is 0.163. The van der Waals surface area contributed by atoms with E-state index in [9.17, 15) is 13.5 Å². The number of aryl methyl sites for hydroxylation is 1. The van der Waals surface area contributed by atoms with E-state index in [1.165, 1.54) is 4.31 Å². The largest absolute Gasteiger partial charge is 0.506 e. The van der Waals surface area contributed by atoms with Gasteiger partial charge in [-0.15, -0.1) is 0 Å². The van der Waals surface area contributed by atoms with E-state index < -0.39 is 10.0 Å². The molecule has 7 heteroatoms. The molecule has 0 saturated carbocycles. The monoisotopic (exact) mass is 377 g/mol. The van der Waals surface area contributed by atoms with Crippen molar-refractivity contribution in [1.29, 1.82) is 0 Å². The van der Waals surface area contributed by atoms with Gasteiger partial charge in [-0.25, -0.2) is 8.42 Å². The van der Waals surface area contributed by atoms with E-state index in [2.05, 4.69) is 10.3 Å². The molecule has 1 heterocycles. The Hall–Kier alpha value is -1.96. The minimum absolute atomic E-state index is 0.0121. The van der Waals surface area contributed by atoms with Gasteiger partial charge < -0.3 is 10.4 Å². The summed E-state index contributed by atoms with van der Waals surface area (Å²) in [4.78, 5) is 4.63. The van der Waals surface area contributed by atoms with E-state index in [-0.39, 0.29) is 11.8 Å². The first-order valence-corrected chi connectivity index (χ1v) is 10.2. The van der Waals surface area contributed by atoms with Crippen LogP contribution in [0.3, 0.4) is 0 Å². The molecule has 0 saturated heterocycles. The highest BCUT2D eigenvalue weighted by atomic mass is 32.2. The average Bonchev–Trinajstić information content (AvgIpc) is 2.63. The summed E-state index contributed by atoms with van der Waals surface area (Å²) in [6, 6.07) is 10.3. The lowest BCUT2D eigenvalue weighted by Crippen LogP contribution is -2.30. The standard InChI is InChI=1S/C19H27N3O3S/c1-5-22(6-2)26(24,25)17-10-8-16(9-11-17)15(4)20-13-18-19(23)12-7-14(3)21-18/h7-12,15,20,23H,5-6,13H2,1-4H3. The summed E-state index contributed by atoms with van der Waals surface area (Å²) in [6.07, 6.45) is 0. The lowest BCUT2D eigenvalue weighted by Gasteiger charge is -2.19. The number of hydrogen-bond donors (Lipinski definition) is 2. The molecule has 2 aromatic rings. The molecule has 0 spiro atoms. The van der Waals surface area contributed by atoms with Gasteiger partial charge >= 0.3 is 0 Å². The molecule has 2 N–H and O–H groups in total. The highest BCUT2D eigenvalue weighted by Gasteiger charge is 2.21. The van der Waals surface area contributed by atoms with Gasteiger partial charge in [0.1, 0.15) is 5.75 Å². The fourth-order valence-electron chi connectivity index (χ4n) is 2.74. The van der Waals surface area contributed by atoms with Crippen molar-refractivity contribution in [3.8, 4) is 5.75 Å². The molecule has 1 unspecified atom stereocenters. The van der Waals surface area contributed by atoms with E-state index in [1.54, 1.807) is 24.3 Å². The van der Waals surface area contributed by atoms with Crippen molar-refractivity contribution in [2.24, 2.45) is 0 Å². The predicted molar refractivity (Wildman–Crippen MR) is 102 cm³/mol. The van der Waals surface area contributed by atoms with E-state index >= 15 is 0 Å². The topological polar surface area (TPSA) is 82.5 Å². The Morgan fingerprint density at radius 3 is 2.31 bits per heavy atom. The number of sulfonamides is 1. The zero-order valence-electron chi connectivity index (χ0n) is 15.7. The third kappa shape index (κ3) is 4.60. The third-order valence-corrected chi connectivity index (χ3v) is 6.45. The van der Waals surface area contributed by atoms with E-state index in [4.69, 9.17) is 0 Å². The summed E-state index contributed by atoms with van der Waals surface area (Å²) in [6.45, 7) is 8.85. The Morgan fingerprint density at radius 2 is 1.73 bits per heavy atom. The predicted octanol–water partition coefficient (Wildman–Crippen LogP) is 2.98. The van der Waals surface area contributed by atoms with Crippen LogP contribution < -0.4 is 5.32 Å². The SMILES string of the molecule is CCN(CC)S(=O)(=O)c1ccc(C(C)NCc2nc(C)ccc2O)cc1. The molecule has 1 atom stereocenters. The lowest BCUT2D eigenvalue weighted by atomic mass is 10.1. The first-order chi connectivity index (χ1) is 12.3. The normalized spacial score (nSPS) is 13.1. The lowest BCUT2D eigenvalue weighted by molar-refractivity contribution is 0.445. The molecule has 0 radical (unpaired) electrons. The Balaban J connectivity index is 2.09. The first kappa shape index (κ1) is 20.4. The summed E-state index contributed by atoms with van der Waals surface area (Å²) in [5.41, 5.74) is 2.41. The number of rotatable bonds is 8. The quantitative estimate of drug-likeness (QED) is 0.739. The van der Waals surface area contributed by atoms with Crippen LogP contribution in [0, 0.1) is 6.92 Å². The Kier molecular flexibility index (Phi) is 6.75. The molecular formula is C19H27N3O3S. The van der Waals surface area contributed by atoms with Crippen LogP contribution >= 0.6 is 0 Å². The van der Waals surface area contributed by atoms with Crippen molar-refractivity contribution in [3.63, 3.8) is 0 Å². The molecule has 0 aliphatic rings. The molecule has 0 aliphatic heterocycles. The van der Waals surface area contributed by atoms with Crippen molar-refractivity contribution in [3.05, 3.63) is 53.3 Å². The van der Waals surface area contributed by atoms with Gasteiger partial charge in [0.15, 0.2) is 0 Å². The third-order valence-electron chi connectivity index (χ3n) is 4.39. The van der Waals surface area contributed by atoms with Crippen LogP contribution in [0.1, 0.15) is 43.8 Å². The van der Waals surface area contributed by atoms with Gasteiger partial charge in [0, 0.05) is 31.4 Å². The Labute approximate surface area is 155 Å². The second-order valence-corrected chi connectivity index (χ2v) is 8.12. The van der Waals surface area contributed by atoms with Crippen molar-refractivity contribution in [2.45, 2.75) is 45.2 Å². The first-order valence-electron chi connectivity index (χ1n) is 8.78. The van der Waals surface area contributed by atoms with Crippen LogP contribution in [0.25, 0.3) is 0 Å². The number of benzene rings is 1. The molecule has 1 aromatic carbocycles. The molecule has 6 nitrogen and oxygen atoms in total. The second kappa shape index (κ2) is 8.62. The van der Waals surface area contributed by atoms with Crippen LogP contribution in [0.2, 0.25) is 0 Å². The maximum Gasteiger partial charge on any atom is 0.243 e. The fraction of sp³-hybridized carbons (Fsp3) is 0.421. The molecule has 2 rings (SSSR count). The number of aromatic hydroxyl groups is 1. The molecule has 0 aliphatic carbocycles. The maximum absolute atomic E-state index is 12.5. The summed E-state index contributed by atoms with van der Waals surface area (Å²) in [7, 11) is -3.44. The van der Waals surface area contributed by atoms with Crippen LogP contribution in [0.15, 0.2) is 41.3 Å². The number of aromatic nitrogens is 1. The van der Waals surface area contributed by atoms with Crippen molar-refractivity contribution in [2.75, 3.05) is 13.1 Å². The van der Waals surface area contributed by atoms with Crippen molar-refractivity contribution >= 4 is 10.0 Å². The summed E-state index contributed by atoms with van der Waals surface area (Å²) in [5, 5.41) is 13.2. The second-order valence-electron chi connectivity index (χ2n) is 6.18. The van der Waals surface area contributed by atoms with Gasteiger partial charge in [-0.2, -0.15) is 4.31 Å². The van der Waals surface area contributed by atoms with Gasteiger partial charge in [-0.1, -0.05) is 26.0 Å². The van der Waals surface area contributed by atoms with Crippen LogP contribution in [0.5, 0.6) is 5.75 Å². The zero-order chi connectivity index (χ0) is 19.3. The maximum atomic E-state index is 12.5. The Bertz CT molecular complexity index is 832. The van der Waals surface area contributed by atoms with Crippen molar-refractivity contribution < 1.29 is 13.5 Å². The summed E-state index contributed by atoms with van der Waals surface area (Å²) < 4.78 is 26.5. The van der Waals surface area contributed by atoms with Crippen LogP contribution in [-0.4, -0.2) is 35.9 Å². The smallest absolute Gasteiger partial charge is 0.243 e. The average molecular weight is 378 g/mol. The summed E-state index contributed by atoms with van der Waals surface area (Å²) >= 11 is 0. The van der Waals surface area contributed by atoms with Gasteiger partial charge in [0.05, 0.1) is 10.6 Å². The van der Waals surface area contributed by atoms with E-state index in [0.717, 1.165) is 11.3 Å². The van der Waals surface area contributed by atoms with E-state index in [1.807, 2.05) is 39.8 Å². The fourth-order valence-corrected chi connectivity index (χ4v) is 4.20. The number of pyridine rings is 1. The molecular weight excluding hydrogens is 350 g/mol. The highest BCUT2D eigenvalue weighted by Crippen LogP contribution is 2.21. The van der Waals surface area contributed by atoms with E-state index in [0.29, 0.717) is 30.2 Å². The van der Waals surface area contributed by atoms with Gasteiger partial charge in [-0.05, 0) is 43.7 Å². The Morgan fingerprint density at radius 1 is 1.12 bits per heavy atom. The molecule has 26 heavy (non-hydrogen) atoms. The van der Waals surface area contributed by atoms with Gasteiger partial charge in [-0.3, -0.25) is 4.98 Å². The van der Waals surface area contributed by atoms with Crippen molar-refractivity contribution in [1.82, 2.24) is 14.6 Å². The van der Waals surface area contributed by atoms with Crippen LogP contribution in [0.4, 0.5) is 0 Å². The van der Waals surface area contributed by atoms with Gasteiger partial charge in [0.2, 0.25) is 10.0 Å². The van der Waals surface area contributed by atoms with Crippen LogP contribution in [-0.2, 0) is 16.6 Å². The molecule has 0 amide bonds. The number of nitrogens with one attached hydrogen (secondary N) is 1. The minimum Gasteiger partial charge on any atom is -0.506 e. The highest BCUT2D eigenvalue weighted by molar-refractivity contribution is 7.89. The zero-order valence-corrected chi connectivity index (χ0v) is 16.5. The van der Waals surface area contributed by atoms with Gasteiger partial charge in [0.25, 0.3) is 0 Å². The number of nitrogens with zero attached hydrogens (tertiary/aromatic N) is 2. The minimum atomic E-state index is -3.44. The molecule has 0 bridgehead atoms.